The van der Waals surface area contributed by atoms with Crippen LogP contribution in [0.25, 0.3) is 0 Å². The smallest absolute Gasteiger partial charge is 0.251 e. The van der Waals surface area contributed by atoms with Gasteiger partial charge in [0, 0.05) is 36.2 Å². The SMILES string of the molecule is CCOc1cc(N)cc(C(=O)NCCSCCCO)c1. The third kappa shape index (κ3) is 6.16. The van der Waals surface area contributed by atoms with Gasteiger partial charge in [0.15, 0.2) is 0 Å². The summed E-state index contributed by atoms with van der Waals surface area (Å²) in [5, 5.41) is 11.5. The number of nitrogens with one attached hydrogen (secondary N) is 1. The molecule has 0 aromatic heterocycles. The summed E-state index contributed by atoms with van der Waals surface area (Å²) in [5.74, 6) is 2.18. The molecule has 0 unspecified atom stereocenters. The van der Waals surface area contributed by atoms with Crippen LogP contribution in [0.1, 0.15) is 23.7 Å². The number of aliphatic hydroxyl groups excluding tert-OH is 1. The Kier molecular flexibility index (Phi) is 7.91. The van der Waals surface area contributed by atoms with Crippen LogP contribution < -0.4 is 15.8 Å². The molecule has 20 heavy (non-hydrogen) atoms. The van der Waals surface area contributed by atoms with Gasteiger partial charge in [0.25, 0.3) is 5.91 Å². The van der Waals surface area contributed by atoms with Crippen molar-refractivity contribution in [2.75, 3.05) is 37.0 Å². The van der Waals surface area contributed by atoms with E-state index in [0.717, 1.165) is 17.9 Å². The number of carbonyl (C=O) groups excluding carboxylic acids is 1. The topological polar surface area (TPSA) is 84.6 Å². The molecule has 0 saturated heterocycles. The molecule has 6 heteroatoms. The number of aliphatic hydroxyl groups is 1. The molecular weight excluding hydrogens is 276 g/mol. The third-order valence-electron chi connectivity index (χ3n) is 2.48. The summed E-state index contributed by atoms with van der Waals surface area (Å²) in [5.41, 5.74) is 6.77. The van der Waals surface area contributed by atoms with Crippen LogP contribution in [0.15, 0.2) is 18.2 Å². The number of rotatable bonds is 9. The molecule has 1 rings (SSSR count). The second kappa shape index (κ2) is 9.50. The molecule has 0 aliphatic rings. The maximum Gasteiger partial charge on any atom is 0.251 e. The highest BCUT2D eigenvalue weighted by atomic mass is 32.2. The molecule has 1 aromatic rings. The highest BCUT2D eigenvalue weighted by molar-refractivity contribution is 7.99. The summed E-state index contributed by atoms with van der Waals surface area (Å²) in [6.07, 6.45) is 0.783. The van der Waals surface area contributed by atoms with Crippen molar-refractivity contribution in [3.8, 4) is 5.75 Å². The maximum atomic E-state index is 12.0. The summed E-state index contributed by atoms with van der Waals surface area (Å²) in [6, 6.07) is 5.02. The Hall–Kier alpha value is -1.40. The quantitative estimate of drug-likeness (QED) is 0.475. The fourth-order valence-electron chi connectivity index (χ4n) is 1.61. The van der Waals surface area contributed by atoms with Gasteiger partial charge in [-0.25, -0.2) is 0 Å². The Morgan fingerprint density at radius 3 is 2.90 bits per heavy atom. The third-order valence-corrected chi connectivity index (χ3v) is 3.55. The van der Waals surface area contributed by atoms with Crippen LogP contribution in [0.4, 0.5) is 5.69 Å². The molecular formula is C14H22N2O3S. The Morgan fingerprint density at radius 2 is 2.20 bits per heavy atom. The van der Waals surface area contributed by atoms with Gasteiger partial charge in [-0.3, -0.25) is 4.79 Å². The standard InChI is InChI=1S/C14H22N2O3S/c1-2-19-13-9-11(8-12(15)10-13)14(18)16-4-7-20-6-3-5-17/h8-10,17H,2-7,15H2,1H3,(H,16,18). The van der Waals surface area contributed by atoms with Crippen molar-refractivity contribution in [1.82, 2.24) is 5.32 Å². The Morgan fingerprint density at radius 1 is 1.40 bits per heavy atom. The molecule has 0 atom stereocenters. The molecule has 1 amide bonds. The van der Waals surface area contributed by atoms with Crippen molar-refractivity contribution in [3.63, 3.8) is 0 Å². The number of nitrogen functional groups attached to an aromatic ring is 1. The van der Waals surface area contributed by atoms with Crippen molar-refractivity contribution in [2.24, 2.45) is 0 Å². The zero-order valence-corrected chi connectivity index (χ0v) is 12.5. The number of anilines is 1. The largest absolute Gasteiger partial charge is 0.494 e. The first-order chi connectivity index (χ1) is 9.67. The summed E-state index contributed by atoms with van der Waals surface area (Å²) >= 11 is 1.71. The van der Waals surface area contributed by atoms with Crippen molar-refractivity contribution in [2.45, 2.75) is 13.3 Å². The number of nitrogens with two attached hydrogens (primary N) is 1. The summed E-state index contributed by atoms with van der Waals surface area (Å²) in [6.45, 7) is 3.22. The monoisotopic (exact) mass is 298 g/mol. The van der Waals surface area contributed by atoms with Gasteiger partial charge in [-0.2, -0.15) is 11.8 Å². The lowest BCUT2D eigenvalue weighted by atomic mass is 10.2. The van der Waals surface area contributed by atoms with Gasteiger partial charge in [0.05, 0.1) is 6.61 Å². The van der Waals surface area contributed by atoms with Crippen LogP contribution in [-0.2, 0) is 0 Å². The average Bonchev–Trinajstić information content (AvgIpc) is 2.42. The van der Waals surface area contributed by atoms with Crippen molar-refractivity contribution >= 4 is 23.4 Å². The van der Waals surface area contributed by atoms with E-state index in [1.54, 1.807) is 30.0 Å². The fraction of sp³-hybridized carbons (Fsp3) is 0.500. The van der Waals surface area contributed by atoms with Gasteiger partial charge in [-0.05, 0) is 31.2 Å². The van der Waals surface area contributed by atoms with Gasteiger partial charge in [-0.1, -0.05) is 0 Å². The van der Waals surface area contributed by atoms with E-state index in [1.165, 1.54) is 0 Å². The van der Waals surface area contributed by atoms with Gasteiger partial charge in [-0.15, -0.1) is 0 Å². The second-order valence-corrected chi connectivity index (χ2v) is 5.39. The molecule has 0 aliphatic heterocycles. The average molecular weight is 298 g/mol. The molecule has 0 saturated carbocycles. The van der Waals surface area contributed by atoms with Gasteiger partial charge < -0.3 is 20.9 Å². The van der Waals surface area contributed by atoms with Gasteiger partial charge in [0.1, 0.15) is 5.75 Å². The fourth-order valence-corrected chi connectivity index (χ4v) is 2.39. The first-order valence-electron chi connectivity index (χ1n) is 6.67. The first-order valence-corrected chi connectivity index (χ1v) is 7.83. The van der Waals surface area contributed by atoms with E-state index < -0.39 is 0 Å². The van der Waals surface area contributed by atoms with E-state index >= 15 is 0 Å². The summed E-state index contributed by atoms with van der Waals surface area (Å²) in [7, 11) is 0. The Bertz CT molecular complexity index is 427. The molecule has 4 N–H and O–H groups in total. The molecule has 0 fully saturated rings. The Labute approximate surface area is 123 Å². The van der Waals surface area contributed by atoms with E-state index in [2.05, 4.69) is 5.32 Å². The van der Waals surface area contributed by atoms with Gasteiger partial charge in [0.2, 0.25) is 0 Å². The van der Waals surface area contributed by atoms with Crippen LogP contribution in [-0.4, -0.2) is 42.3 Å². The number of ether oxygens (including phenoxy) is 1. The van der Waals surface area contributed by atoms with E-state index in [4.69, 9.17) is 15.6 Å². The predicted molar refractivity (Wildman–Crippen MR) is 83.4 cm³/mol. The molecule has 112 valence electrons. The van der Waals surface area contributed by atoms with Crippen molar-refractivity contribution < 1.29 is 14.6 Å². The molecule has 5 nitrogen and oxygen atoms in total. The van der Waals surface area contributed by atoms with Crippen molar-refractivity contribution in [3.05, 3.63) is 23.8 Å². The van der Waals surface area contributed by atoms with Crippen LogP contribution in [0, 0.1) is 0 Å². The van der Waals surface area contributed by atoms with Crippen LogP contribution in [0.2, 0.25) is 0 Å². The van der Waals surface area contributed by atoms with Crippen LogP contribution in [0.5, 0.6) is 5.75 Å². The number of carbonyl (C=O) groups is 1. The zero-order chi connectivity index (χ0) is 14.8. The van der Waals surface area contributed by atoms with E-state index in [-0.39, 0.29) is 12.5 Å². The predicted octanol–water partition coefficient (Wildman–Crippen LogP) is 1.51. The molecule has 0 aliphatic carbocycles. The normalized spacial score (nSPS) is 10.3. The molecule has 0 radical (unpaired) electrons. The van der Waals surface area contributed by atoms with Crippen LogP contribution >= 0.6 is 11.8 Å². The van der Waals surface area contributed by atoms with Crippen LogP contribution in [0.3, 0.4) is 0 Å². The lowest BCUT2D eigenvalue weighted by Gasteiger charge is -2.09. The highest BCUT2D eigenvalue weighted by Crippen LogP contribution is 2.18. The number of benzene rings is 1. The molecule has 0 spiro atoms. The number of amides is 1. The second-order valence-electron chi connectivity index (χ2n) is 4.17. The van der Waals surface area contributed by atoms with E-state index in [1.807, 2.05) is 6.92 Å². The zero-order valence-electron chi connectivity index (χ0n) is 11.7. The minimum atomic E-state index is -0.152. The first kappa shape index (κ1) is 16.7. The summed E-state index contributed by atoms with van der Waals surface area (Å²) < 4.78 is 5.36. The lowest BCUT2D eigenvalue weighted by molar-refractivity contribution is 0.0955. The van der Waals surface area contributed by atoms with E-state index in [0.29, 0.717) is 30.2 Å². The maximum absolute atomic E-state index is 12.0. The molecule has 0 bridgehead atoms. The summed E-state index contributed by atoms with van der Waals surface area (Å²) in [4.78, 5) is 12.0. The van der Waals surface area contributed by atoms with Crippen molar-refractivity contribution in [1.29, 1.82) is 0 Å². The van der Waals surface area contributed by atoms with E-state index in [9.17, 15) is 4.79 Å². The Balaban J connectivity index is 2.42. The van der Waals surface area contributed by atoms with Gasteiger partial charge >= 0.3 is 0 Å². The highest BCUT2D eigenvalue weighted by Gasteiger charge is 2.08. The lowest BCUT2D eigenvalue weighted by Crippen LogP contribution is -2.26. The number of hydrogen-bond donors (Lipinski definition) is 3. The number of thioether (sulfide) groups is 1. The minimum absolute atomic E-state index is 0.152. The molecule has 1 aromatic carbocycles. The minimum Gasteiger partial charge on any atom is -0.494 e. The molecule has 0 heterocycles. The number of hydrogen-bond acceptors (Lipinski definition) is 5.